The number of hydrogen-bond acceptors (Lipinski definition) is 3. The van der Waals surface area contributed by atoms with E-state index >= 15 is 0 Å². The van der Waals surface area contributed by atoms with Crippen molar-refractivity contribution in [2.24, 2.45) is 0 Å². The summed E-state index contributed by atoms with van der Waals surface area (Å²) in [5.74, 6) is 1.77. The van der Waals surface area contributed by atoms with Gasteiger partial charge in [0.15, 0.2) is 0 Å². The Morgan fingerprint density at radius 1 is 0.889 bits per heavy atom. The minimum absolute atomic E-state index is 0.215. The van der Waals surface area contributed by atoms with Crippen LogP contribution in [0.3, 0.4) is 0 Å². The van der Waals surface area contributed by atoms with Crippen molar-refractivity contribution in [3.05, 3.63) is 29.8 Å². The number of rotatable bonds is 13. The van der Waals surface area contributed by atoms with E-state index in [0.717, 1.165) is 43.9 Å². The summed E-state index contributed by atoms with van der Waals surface area (Å²) < 4.78 is 0. The standard InChI is InChI=1S/C14H19Cl2NO2.C5H11Cl2N/c15-8-10-17(11-9-16)13-6-4-12(5-7-13)2-1-3-14(18)19;1-8(4-2-6)5-3-7/h4-7H,1-3,8-11H2,(H,18,19);2-5H2,1H3. The molecule has 0 heterocycles. The third-order valence-electron chi connectivity index (χ3n) is 3.80. The van der Waals surface area contributed by atoms with Gasteiger partial charge in [0.1, 0.15) is 0 Å². The van der Waals surface area contributed by atoms with Crippen LogP contribution in [0.15, 0.2) is 24.3 Å². The summed E-state index contributed by atoms with van der Waals surface area (Å²) in [4.78, 5) is 14.7. The number of carbonyl (C=O) groups is 1. The average molecular weight is 460 g/mol. The number of aliphatic carboxylic acids is 1. The summed E-state index contributed by atoms with van der Waals surface area (Å²) in [5.41, 5.74) is 2.25. The summed E-state index contributed by atoms with van der Waals surface area (Å²) in [6.45, 7) is 3.39. The lowest BCUT2D eigenvalue weighted by molar-refractivity contribution is -0.137. The summed E-state index contributed by atoms with van der Waals surface area (Å²) >= 11 is 22.4. The molecule has 1 aromatic rings. The Labute approximate surface area is 183 Å². The van der Waals surface area contributed by atoms with Gasteiger partial charge in [-0.05, 0) is 37.6 Å². The molecule has 0 aliphatic rings. The first-order valence-electron chi connectivity index (χ1n) is 8.96. The summed E-state index contributed by atoms with van der Waals surface area (Å²) in [6.07, 6.45) is 1.67. The van der Waals surface area contributed by atoms with Crippen LogP contribution in [0.5, 0.6) is 0 Å². The molecular formula is C19H30Cl4N2O2. The van der Waals surface area contributed by atoms with Gasteiger partial charge in [0.05, 0.1) is 0 Å². The third kappa shape index (κ3) is 14.3. The number of carboxylic acid groups (broad SMARTS) is 1. The fourth-order valence-electron chi connectivity index (χ4n) is 2.29. The monoisotopic (exact) mass is 458 g/mol. The van der Waals surface area contributed by atoms with Crippen molar-refractivity contribution in [1.82, 2.24) is 4.90 Å². The largest absolute Gasteiger partial charge is 0.481 e. The molecule has 0 unspecified atom stereocenters. The van der Waals surface area contributed by atoms with Gasteiger partial charge in [-0.15, -0.1) is 46.4 Å². The van der Waals surface area contributed by atoms with Gasteiger partial charge in [-0.3, -0.25) is 4.79 Å². The second-order valence-corrected chi connectivity index (χ2v) is 7.47. The molecular weight excluding hydrogens is 430 g/mol. The molecule has 4 nitrogen and oxygen atoms in total. The van der Waals surface area contributed by atoms with E-state index in [1.54, 1.807) is 0 Å². The topological polar surface area (TPSA) is 43.8 Å². The molecule has 8 heteroatoms. The van der Waals surface area contributed by atoms with Crippen LogP contribution in [0.25, 0.3) is 0 Å². The molecule has 156 valence electrons. The van der Waals surface area contributed by atoms with Crippen LogP contribution in [-0.2, 0) is 11.2 Å². The number of carboxylic acids is 1. The normalized spacial score (nSPS) is 10.4. The first-order chi connectivity index (χ1) is 13.0. The van der Waals surface area contributed by atoms with Gasteiger partial charge in [0.2, 0.25) is 0 Å². The van der Waals surface area contributed by atoms with E-state index in [0.29, 0.717) is 29.9 Å². The number of anilines is 1. The Morgan fingerprint density at radius 2 is 1.37 bits per heavy atom. The summed E-state index contributed by atoms with van der Waals surface area (Å²) in [5, 5.41) is 8.59. The second-order valence-electron chi connectivity index (χ2n) is 5.96. The van der Waals surface area contributed by atoms with E-state index in [-0.39, 0.29) is 6.42 Å². The molecule has 0 amide bonds. The highest BCUT2D eigenvalue weighted by molar-refractivity contribution is 6.19. The highest BCUT2D eigenvalue weighted by Gasteiger charge is 2.05. The molecule has 0 aromatic heterocycles. The van der Waals surface area contributed by atoms with E-state index < -0.39 is 5.97 Å². The Bertz CT molecular complexity index is 477. The molecule has 0 saturated carbocycles. The lowest BCUT2D eigenvalue weighted by Crippen LogP contribution is -2.27. The SMILES string of the molecule is CN(CCCl)CCCl.O=C(O)CCCc1ccc(N(CCCl)CCCl)cc1. The second kappa shape index (κ2) is 17.7. The average Bonchev–Trinajstić information content (AvgIpc) is 2.63. The molecule has 1 rings (SSSR count). The highest BCUT2D eigenvalue weighted by atomic mass is 35.5. The van der Waals surface area contributed by atoms with Crippen molar-refractivity contribution in [1.29, 1.82) is 0 Å². The van der Waals surface area contributed by atoms with Gasteiger partial charge in [-0.25, -0.2) is 0 Å². The Hall–Kier alpha value is -0.390. The van der Waals surface area contributed by atoms with Gasteiger partial charge in [0, 0.05) is 61.8 Å². The maximum atomic E-state index is 10.4. The highest BCUT2D eigenvalue weighted by Crippen LogP contribution is 2.16. The zero-order valence-corrected chi connectivity index (χ0v) is 18.9. The quantitative estimate of drug-likeness (QED) is 0.431. The van der Waals surface area contributed by atoms with Crippen LogP contribution in [0.4, 0.5) is 5.69 Å². The predicted octanol–water partition coefficient (Wildman–Crippen LogP) is 4.77. The maximum Gasteiger partial charge on any atom is 0.303 e. The Morgan fingerprint density at radius 3 is 1.78 bits per heavy atom. The first kappa shape index (κ1) is 26.6. The van der Waals surface area contributed by atoms with Crippen molar-refractivity contribution >= 4 is 58.1 Å². The third-order valence-corrected chi connectivity index (χ3v) is 4.48. The van der Waals surface area contributed by atoms with Crippen molar-refractivity contribution in [2.45, 2.75) is 19.3 Å². The molecule has 0 radical (unpaired) electrons. The lowest BCUT2D eigenvalue weighted by Gasteiger charge is -2.23. The van der Waals surface area contributed by atoms with E-state index in [1.807, 2.05) is 31.3 Å². The van der Waals surface area contributed by atoms with E-state index in [4.69, 9.17) is 51.5 Å². The molecule has 0 fully saturated rings. The number of aryl methyl sites for hydroxylation is 1. The van der Waals surface area contributed by atoms with Crippen LogP contribution >= 0.6 is 46.4 Å². The van der Waals surface area contributed by atoms with Crippen LogP contribution < -0.4 is 4.90 Å². The zero-order valence-electron chi connectivity index (χ0n) is 15.8. The number of halogens is 4. The van der Waals surface area contributed by atoms with Crippen molar-refractivity contribution in [3.8, 4) is 0 Å². The molecule has 0 aliphatic carbocycles. The van der Waals surface area contributed by atoms with Gasteiger partial charge in [-0.1, -0.05) is 12.1 Å². The van der Waals surface area contributed by atoms with E-state index in [2.05, 4.69) is 9.80 Å². The number of alkyl halides is 4. The van der Waals surface area contributed by atoms with Gasteiger partial charge in [0.25, 0.3) is 0 Å². The van der Waals surface area contributed by atoms with Crippen LogP contribution in [0, 0.1) is 0 Å². The summed E-state index contributed by atoms with van der Waals surface area (Å²) in [6, 6.07) is 8.14. The number of benzene rings is 1. The molecule has 0 bridgehead atoms. The minimum atomic E-state index is -0.743. The first-order valence-corrected chi connectivity index (χ1v) is 11.1. The summed E-state index contributed by atoms with van der Waals surface area (Å²) in [7, 11) is 2.00. The maximum absolute atomic E-state index is 10.4. The fourth-order valence-corrected chi connectivity index (χ4v) is 3.28. The van der Waals surface area contributed by atoms with Gasteiger partial charge >= 0.3 is 5.97 Å². The van der Waals surface area contributed by atoms with E-state index in [1.165, 1.54) is 0 Å². The lowest BCUT2D eigenvalue weighted by atomic mass is 10.1. The molecule has 0 aliphatic heterocycles. The van der Waals surface area contributed by atoms with Crippen molar-refractivity contribution in [3.63, 3.8) is 0 Å². The van der Waals surface area contributed by atoms with Crippen LogP contribution in [0.2, 0.25) is 0 Å². The van der Waals surface area contributed by atoms with Gasteiger partial charge < -0.3 is 14.9 Å². The van der Waals surface area contributed by atoms with Gasteiger partial charge in [-0.2, -0.15) is 0 Å². The van der Waals surface area contributed by atoms with E-state index in [9.17, 15) is 4.79 Å². The molecule has 0 atom stereocenters. The van der Waals surface area contributed by atoms with Crippen molar-refractivity contribution < 1.29 is 9.90 Å². The fraction of sp³-hybridized carbons (Fsp3) is 0.632. The van der Waals surface area contributed by atoms with Crippen LogP contribution in [-0.4, -0.2) is 72.7 Å². The minimum Gasteiger partial charge on any atom is -0.481 e. The molecule has 0 saturated heterocycles. The molecule has 1 aromatic carbocycles. The van der Waals surface area contributed by atoms with Crippen molar-refractivity contribution in [2.75, 3.05) is 61.6 Å². The Balaban J connectivity index is 0.000000713. The number of nitrogens with zero attached hydrogens (tertiary/aromatic N) is 2. The molecule has 27 heavy (non-hydrogen) atoms. The van der Waals surface area contributed by atoms with Crippen LogP contribution in [0.1, 0.15) is 18.4 Å². The smallest absolute Gasteiger partial charge is 0.303 e. The molecule has 0 spiro atoms. The zero-order chi connectivity index (χ0) is 20.5. The number of hydrogen-bond donors (Lipinski definition) is 1. The predicted molar refractivity (Wildman–Crippen MR) is 120 cm³/mol. The Kier molecular flexibility index (Phi) is 17.4. The molecule has 1 N–H and O–H groups in total.